The number of alkyl carbamates (subject to hydrolysis) is 1. The topological polar surface area (TPSA) is 90.9 Å². The van der Waals surface area contributed by atoms with E-state index in [0.717, 1.165) is 6.42 Å². The predicted molar refractivity (Wildman–Crippen MR) is 98.3 cm³/mol. The van der Waals surface area contributed by atoms with Gasteiger partial charge < -0.3 is 19.5 Å². The third-order valence-corrected chi connectivity index (χ3v) is 3.24. The lowest BCUT2D eigenvalue weighted by Gasteiger charge is -2.23. The summed E-state index contributed by atoms with van der Waals surface area (Å²) in [5.74, 6) is -0.920. The van der Waals surface area contributed by atoms with Crippen LogP contribution in [0.5, 0.6) is 0 Å². The molecule has 1 amide bonds. The minimum Gasteiger partial charge on any atom is -0.444 e. The van der Waals surface area contributed by atoms with Crippen molar-refractivity contribution in [2.45, 2.75) is 80.1 Å². The van der Waals surface area contributed by atoms with Crippen molar-refractivity contribution in [3.63, 3.8) is 0 Å². The Balaban J connectivity index is 4.53. The Kier molecular flexibility index (Phi) is 10.3. The number of carbonyl (C=O) groups is 3. The molecule has 7 nitrogen and oxygen atoms in total. The van der Waals surface area contributed by atoms with Gasteiger partial charge >= 0.3 is 18.0 Å². The maximum atomic E-state index is 12.1. The first-order valence-electron chi connectivity index (χ1n) is 9.17. The maximum Gasteiger partial charge on any atom is 0.407 e. The maximum absolute atomic E-state index is 12.1. The van der Waals surface area contributed by atoms with E-state index in [0.29, 0.717) is 12.5 Å². The van der Waals surface area contributed by atoms with Crippen LogP contribution in [0.15, 0.2) is 0 Å². The second-order valence-corrected chi connectivity index (χ2v) is 8.23. The summed E-state index contributed by atoms with van der Waals surface area (Å²) in [7, 11) is 0. The van der Waals surface area contributed by atoms with Crippen LogP contribution in [0.1, 0.15) is 68.2 Å². The molecule has 0 aliphatic rings. The SMILES string of the molecule is CC(C)CC(CNC(=O)OC(C)(C)C)CC(=O)OC(C)OC(=O)C(C)C. The molecule has 0 aliphatic carbocycles. The summed E-state index contributed by atoms with van der Waals surface area (Å²) < 4.78 is 15.4. The monoisotopic (exact) mass is 373 g/mol. The second-order valence-electron chi connectivity index (χ2n) is 8.23. The summed E-state index contributed by atoms with van der Waals surface area (Å²) in [4.78, 5) is 35.4. The Morgan fingerprint density at radius 1 is 0.962 bits per heavy atom. The molecule has 2 unspecified atom stereocenters. The number of nitrogens with one attached hydrogen (secondary N) is 1. The van der Waals surface area contributed by atoms with Crippen LogP contribution in [0.4, 0.5) is 4.79 Å². The number of hydrogen-bond donors (Lipinski definition) is 1. The van der Waals surface area contributed by atoms with E-state index in [1.165, 1.54) is 6.92 Å². The Labute approximate surface area is 157 Å². The summed E-state index contributed by atoms with van der Waals surface area (Å²) >= 11 is 0. The summed E-state index contributed by atoms with van der Waals surface area (Å²) in [6.45, 7) is 14.7. The summed E-state index contributed by atoms with van der Waals surface area (Å²) in [5, 5.41) is 2.70. The molecule has 1 N–H and O–H groups in total. The van der Waals surface area contributed by atoms with Crippen LogP contribution in [0.25, 0.3) is 0 Å². The van der Waals surface area contributed by atoms with Crippen molar-refractivity contribution in [1.82, 2.24) is 5.32 Å². The highest BCUT2D eigenvalue weighted by molar-refractivity contribution is 5.73. The minimum absolute atomic E-state index is 0.0944. The van der Waals surface area contributed by atoms with Gasteiger partial charge in [0.05, 0.1) is 12.3 Å². The predicted octanol–water partition coefficient (Wildman–Crippen LogP) is 3.65. The van der Waals surface area contributed by atoms with Crippen molar-refractivity contribution < 1.29 is 28.6 Å². The van der Waals surface area contributed by atoms with E-state index < -0.39 is 29.9 Å². The fourth-order valence-electron chi connectivity index (χ4n) is 2.24. The van der Waals surface area contributed by atoms with E-state index in [1.807, 2.05) is 13.8 Å². The Morgan fingerprint density at radius 2 is 1.54 bits per heavy atom. The van der Waals surface area contributed by atoms with Crippen LogP contribution in [-0.4, -0.2) is 36.5 Å². The van der Waals surface area contributed by atoms with Gasteiger partial charge in [-0.3, -0.25) is 9.59 Å². The number of amides is 1. The first-order chi connectivity index (χ1) is 11.8. The van der Waals surface area contributed by atoms with Gasteiger partial charge in [0.1, 0.15) is 5.60 Å². The lowest BCUT2D eigenvalue weighted by Crippen LogP contribution is -2.36. The van der Waals surface area contributed by atoms with E-state index in [9.17, 15) is 14.4 Å². The van der Waals surface area contributed by atoms with Crippen LogP contribution in [-0.2, 0) is 23.8 Å². The lowest BCUT2D eigenvalue weighted by molar-refractivity contribution is -0.187. The highest BCUT2D eigenvalue weighted by atomic mass is 16.7. The van der Waals surface area contributed by atoms with Gasteiger partial charge in [0.25, 0.3) is 0 Å². The summed E-state index contributed by atoms with van der Waals surface area (Å²) in [6, 6.07) is 0. The zero-order valence-electron chi connectivity index (χ0n) is 17.4. The molecule has 0 bridgehead atoms. The van der Waals surface area contributed by atoms with Crippen LogP contribution < -0.4 is 5.32 Å². The molecule has 0 saturated heterocycles. The van der Waals surface area contributed by atoms with E-state index in [-0.39, 0.29) is 18.3 Å². The third-order valence-electron chi connectivity index (χ3n) is 3.24. The van der Waals surface area contributed by atoms with Crippen molar-refractivity contribution in [1.29, 1.82) is 0 Å². The number of rotatable bonds is 9. The molecule has 2 atom stereocenters. The molecule has 7 heteroatoms. The molecule has 26 heavy (non-hydrogen) atoms. The molecule has 0 radical (unpaired) electrons. The smallest absolute Gasteiger partial charge is 0.407 e. The van der Waals surface area contributed by atoms with E-state index in [4.69, 9.17) is 14.2 Å². The van der Waals surface area contributed by atoms with Gasteiger partial charge in [0.2, 0.25) is 6.29 Å². The second kappa shape index (κ2) is 11.0. The van der Waals surface area contributed by atoms with Gasteiger partial charge in [-0.2, -0.15) is 0 Å². The van der Waals surface area contributed by atoms with Crippen molar-refractivity contribution >= 4 is 18.0 Å². The van der Waals surface area contributed by atoms with Crippen molar-refractivity contribution in [3.05, 3.63) is 0 Å². The van der Waals surface area contributed by atoms with Gasteiger partial charge in [-0.15, -0.1) is 0 Å². The number of carbonyl (C=O) groups excluding carboxylic acids is 3. The van der Waals surface area contributed by atoms with Gasteiger partial charge in [0, 0.05) is 13.5 Å². The Hall–Kier alpha value is -1.79. The normalized spacial score (nSPS) is 13.9. The number of hydrogen-bond acceptors (Lipinski definition) is 6. The fraction of sp³-hybridized carbons (Fsp3) is 0.842. The standard InChI is InChI=1S/C19H35NO6/c1-12(2)9-15(11-20-18(23)26-19(6,7)8)10-16(21)24-14(5)25-17(22)13(3)4/h12-15H,9-11H2,1-8H3,(H,20,23). The van der Waals surface area contributed by atoms with Gasteiger partial charge in [-0.25, -0.2) is 4.79 Å². The van der Waals surface area contributed by atoms with Crippen LogP contribution >= 0.6 is 0 Å². The molecule has 0 saturated carbocycles. The first-order valence-corrected chi connectivity index (χ1v) is 9.17. The summed E-state index contributed by atoms with van der Waals surface area (Å²) in [5.41, 5.74) is -0.577. The zero-order chi connectivity index (χ0) is 20.5. The molecular formula is C19H35NO6. The van der Waals surface area contributed by atoms with Crippen LogP contribution in [0, 0.1) is 17.8 Å². The van der Waals surface area contributed by atoms with Gasteiger partial charge in [0.15, 0.2) is 0 Å². The quantitative estimate of drug-likeness (QED) is 0.490. The van der Waals surface area contributed by atoms with Crippen molar-refractivity contribution in [3.8, 4) is 0 Å². The van der Waals surface area contributed by atoms with E-state index >= 15 is 0 Å². The van der Waals surface area contributed by atoms with E-state index in [1.54, 1.807) is 34.6 Å². The van der Waals surface area contributed by atoms with Gasteiger partial charge in [-0.1, -0.05) is 27.7 Å². The number of ether oxygens (including phenoxy) is 3. The summed E-state index contributed by atoms with van der Waals surface area (Å²) in [6.07, 6.45) is -0.586. The number of esters is 2. The van der Waals surface area contributed by atoms with E-state index in [2.05, 4.69) is 5.32 Å². The van der Waals surface area contributed by atoms with Crippen molar-refractivity contribution in [2.24, 2.45) is 17.8 Å². The molecule has 0 aromatic carbocycles. The molecule has 0 heterocycles. The Morgan fingerprint density at radius 3 is 2.00 bits per heavy atom. The third kappa shape index (κ3) is 12.6. The molecule has 0 aromatic heterocycles. The van der Waals surface area contributed by atoms with Gasteiger partial charge in [-0.05, 0) is 39.0 Å². The average Bonchev–Trinajstić information content (AvgIpc) is 2.41. The highest BCUT2D eigenvalue weighted by Gasteiger charge is 2.22. The molecule has 0 aromatic rings. The fourth-order valence-corrected chi connectivity index (χ4v) is 2.24. The largest absolute Gasteiger partial charge is 0.444 e. The lowest BCUT2D eigenvalue weighted by atomic mass is 9.94. The zero-order valence-corrected chi connectivity index (χ0v) is 17.4. The molecule has 152 valence electrons. The molecule has 0 spiro atoms. The molecule has 0 aliphatic heterocycles. The molecular weight excluding hydrogens is 338 g/mol. The highest BCUT2D eigenvalue weighted by Crippen LogP contribution is 2.17. The van der Waals surface area contributed by atoms with Crippen LogP contribution in [0.2, 0.25) is 0 Å². The molecule has 0 rings (SSSR count). The van der Waals surface area contributed by atoms with Crippen LogP contribution in [0.3, 0.4) is 0 Å². The first kappa shape index (κ1) is 24.2. The molecule has 0 fully saturated rings. The minimum atomic E-state index is -0.934. The average molecular weight is 373 g/mol. The Bertz CT molecular complexity index is 467. The van der Waals surface area contributed by atoms with Crippen molar-refractivity contribution in [2.75, 3.05) is 6.54 Å².